The van der Waals surface area contributed by atoms with E-state index in [1.807, 2.05) is 12.3 Å². The molecule has 3 heterocycles. The Kier molecular flexibility index (Phi) is 3.75. The molecule has 0 aliphatic carbocycles. The maximum absolute atomic E-state index is 5.76. The second-order valence-corrected chi connectivity index (χ2v) is 6.71. The summed E-state index contributed by atoms with van der Waals surface area (Å²) in [5.41, 5.74) is -0.0455. The van der Waals surface area contributed by atoms with Gasteiger partial charge >= 0.3 is 0 Å². The molecule has 6 nitrogen and oxygen atoms in total. The molecule has 3 rings (SSSR count). The summed E-state index contributed by atoms with van der Waals surface area (Å²) < 4.78 is 11.5. The highest BCUT2D eigenvalue weighted by atomic mass is 16.7. The van der Waals surface area contributed by atoms with E-state index >= 15 is 0 Å². The van der Waals surface area contributed by atoms with Crippen LogP contribution in [0.5, 0.6) is 0 Å². The Morgan fingerprint density at radius 3 is 2.48 bits per heavy atom. The first-order valence-corrected chi connectivity index (χ1v) is 7.60. The van der Waals surface area contributed by atoms with Gasteiger partial charge in [0.2, 0.25) is 5.95 Å². The molecule has 21 heavy (non-hydrogen) atoms. The molecular weight excluding hydrogens is 268 g/mol. The summed E-state index contributed by atoms with van der Waals surface area (Å²) in [4.78, 5) is 11.2. The fourth-order valence-electron chi connectivity index (χ4n) is 2.78. The van der Waals surface area contributed by atoms with E-state index < -0.39 is 0 Å². The SMILES string of the molecule is CC(C)(C)Nc1nccc(N2CCC3(CC2)OCCO3)n1. The average molecular weight is 292 g/mol. The van der Waals surface area contributed by atoms with Crippen molar-refractivity contribution in [3.05, 3.63) is 12.3 Å². The van der Waals surface area contributed by atoms with Crippen LogP contribution < -0.4 is 10.2 Å². The van der Waals surface area contributed by atoms with Gasteiger partial charge in [-0.25, -0.2) is 4.98 Å². The number of rotatable bonds is 2. The summed E-state index contributed by atoms with van der Waals surface area (Å²) in [6.07, 6.45) is 3.58. The largest absolute Gasteiger partial charge is 0.356 e. The normalized spacial score (nSPS) is 21.8. The molecule has 0 bridgehead atoms. The lowest BCUT2D eigenvalue weighted by molar-refractivity contribution is -0.169. The summed E-state index contributed by atoms with van der Waals surface area (Å²) in [5.74, 6) is 1.30. The molecule has 0 atom stereocenters. The van der Waals surface area contributed by atoms with Crippen molar-refractivity contribution in [3.8, 4) is 0 Å². The molecular formula is C15H24N4O2. The zero-order valence-corrected chi connectivity index (χ0v) is 13.1. The fourth-order valence-corrected chi connectivity index (χ4v) is 2.78. The van der Waals surface area contributed by atoms with E-state index in [1.54, 1.807) is 0 Å². The van der Waals surface area contributed by atoms with E-state index in [4.69, 9.17) is 9.47 Å². The van der Waals surface area contributed by atoms with Gasteiger partial charge in [0.05, 0.1) is 13.2 Å². The monoisotopic (exact) mass is 292 g/mol. The Labute approximate surface area is 125 Å². The number of nitrogens with one attached hydrogen (secondary N) is 1. The van der Waals surface area contributed by atoms with Crippen molar-refractivity contribution in [1.82, 2.24) is 9.97 Å². The first-order valence-electron chi connectivity index (χ1n) is 7.60. The third-order valence-corrected chi connectivity index (χ3v) is 3.79. The van der Waals surface area contributed by atoms with Crippen LogP contribution in [0.1, 0.15) is 33.6 Å². The number of nitrogens with zero attached hydrogens (tertiary/aromatic N) is 3. The molecule has 0 radical (unpaired) electrons. The molecule has 2 fully saturated rings. The van der Waals surface area contributed by atoms with Crippen LogP contribution in [0.4, 0.5) is 11.8 Å². The van der Waals surface area contributed by atoms with Crippen LogP contribution >= 0.6 is 0 Å². The van der Waals surface area contributed by atoms with E-state index in [0.717, 1.165) is 31.7 Å². The lowest BCUT2D eigenvalue weighted by atomic mass is 10.0. The zero-order valence-electron chi connectivity index (χ0n) is 13.1. The zero-order chi connectivity index (χ0) is 14.9. The van der Waals surface area contributed by atoms with Crippen molar-refractivity contribution in [2.24, 2.45) is 0 Å². The number of aromatic nitrogens is 2. The van der Waals surface area contributed by atoms with Gasteiger partial charge in [0.15, 0.2) is 5.79 Å². The summed E-state index contributed by atoms with van der Waals surface area (Å²) in [6.45, 7) is 9.52. The molecule has 1 aromatic heterocycles. The van der Waals surface area contributed by atoms with Gasteiger partial charge in [-0.3, -0.25) is 0 Å². The minimum Gasteiger partial charge on any atom is -0.356 e. The van der Waals surface area contributed by atoms with E-state index in [2.05, 4.69) is 41.0 Å². The summed E-state index contributed by atoms with van der Waals surface area (Å²) in [5, 5.41) is 3.31. The highest BCUT2D eigenvalue weighted by molar-refractivity contribution is 5.43. The van der Waals surface area contributed by atoms with Gasteiger partial charge in [-0.1, -0.05) is 0 Å². The number of anilines is 2. The van der Waals surface area contributed by atoms with Crippen molar-refractivity contribution < 1.29 is 9.47 Å². The van der Waals surface area contributed by atoms with Gasteiger partial charge in [0.25, 0.3) is 0 Å². The van der Waals surface area contributed by atoms with E-state index in [0.29, 0.717) is 19.2 Å². The smallest absolute Gasteiger partial charge is 0.225 e. The number of hydrogen-bond acceptors (Lipinski definition) is 6. The van der Waals surface area contributed by atoms with Gasteiger partial charge in [-0.05, 0) is 26.8 Å². The molecule has 0 amide bonds. The van der Waals surface area contributed by atoms with Gasteiger partial charge in [-0.15, -0.1) is 0 Å². The number of hydrogen-bond donors (Lipinski definition) is 1. The molecule has 0 saturated carbocycles. The van der Waals surface area contributed by atoms with E-state index in [1.165, 1.54) is 0 Å². The molecule has 0 aromatic carbocycles. The molecule has 2 aliphatic heterocycles. The van der Waals surface area contributed by atoms with E-state index in [9.17, 15) is 0 Å². The maximum Gasteiger partial charge on any atom is 0.225 e. The minimum absolute atomic E-state index is 0.0455. The molecule has 1 N–H and O–H groups in total. The molecule has 116 valence electrons. The minimum atomic E-state index is -0.337. The van der Waals surface area contributed by atoms with Gasteiger partial charge in [0.1, 0.15) is 5.82 Å². The summed E-state index contributed by atoms with van der Waals surface area (Å²) in [6, 6.07) is 1.96. The number of ether oxygens (including phenoxy) is 2. The van der Waals surface area contributed by atoms with Crippen LogP contribution in [0.2, 0.25) is 0 Å². The van der Waals surface area contributed by atoms with Crippen LogP contribution in [0, 0.1) is 0 Å². The first-order chi connectivity index (χ1) is 9.96. The molecule has 1 aromatic rings. The Morgan fingerprint density at radius 1 is 1.19 bits per heavy atom. The average Bonchev–Trinajstić information content (AvgIpc) is 2.86. The molecule has 6 heteroatoms. The maximum atomic E-state index is 5.76. The van der Waals surface area contributed by atoms with Crippen LogP contribution in [0.15, 0.2) is 12.3 Å². The highest BCUT2D eigenvalue weighted by Crippen LogP contribution is 2.32. The number of piperidine rings is 1. The second kappa shape index (κ2) is 5.42. The van der Waals surface area contributed by atoms with Gasteiger partial charge in [0, 0.05) is 37.7 Å². The Hall–Kier alpha value is -1.40. The van der Waals surface area contributed by atoms with Gasteiger partial charge < -0.3 is 19.7 Å². The molecule has 2 saturated heterocycles. The standard InChI is InChI=1S/C15H24N4O2/c1-14(2,3)18-13-16-7-4-12(17-13)19-8-5-15(6-9-19)20-10-11-21-15/h4,7H,5-6,8-11H2,1-3H3,(H,16,17,18). The van der Waals surface area contributed by atoms with Crippen LogP contribution in [0.25, 0.3) is 0 Å². The predicted molar refractivity (Wildman–Crippen MR) is 81.5 cm³/mol. The van der Waals surface area contributed by atoms with Gasteiger partial charge in [-0.2, -0.15) is 4.98 Å². The summed E-state index contributed by atoms with van der Waals surface area (Å²) in [7, 11) is 0. The second-order valence-electron chi connectivity index (χ2n) is 6.71. The molecule has 2 aliphatic rings. The highest BCUT2D eigenvalue weighted by Gasteiger charge is 2.40. The van der Waals surface area contributed by atoms with Crippen molar-refractivity contribution >= 4 is 11.8 Å². The Morgan fingerprint density at radius 2 is 1.86 bits per heavy atom. The van der Waals surface area contributed by atoms with Crippen molar-refractivity contribution in [2.45, 2.75) is 44.9 Å². The van der Waals surface area contributed by atoms with Crippen molar-refractivity contribution in [2.75, 3.05) is 36.5 Å². The molecule has 1 spiro atoms. The third kappa shape index (κ3) is 3.44. The summed E-state index contributed by atoms with van der Waals surface area (Å²) >= 11 is 0. The van der Waals surface area contributed by atoms with Crippen molar-refractivity contribution in [1.29, 1.82) is 0 Å². The Balaban J connectivity index is 1.66. The van der Waals surface area contributed by atoms with Crippen molar-refractivity contribution in [3.63, 3.8) is 0 Å². The lowest BCUT2D eigenvalue weighted by Gasteiger charge is -2.38. The fraction of sp³-hybridized carbons (Fsp3) is 0.733. The van der Waals surface area contributed by atoms with Crippen LogP contribution in [-0.4, -0.2) is 47.6 Å². The van der Waals surface area contributed by atoms with E-state index in [-0.39, 0.29) is 11.3 Å². The topological polar surface area (TPSA) is 59.5 Å². The van der Waals surface area contributed by atoms with Crippen LogP contribution in [0.3, 0.4) is 0 Å². The third-order valence-electron chi connectivity index (χ3n) is 3.79. The van der Waals surface area contributed by atoms with Crippen LogP contribution in [-0.2, 0) is 9.47 Å². The lowest BCUT2D eigenvalue weighted by Crippen LogP contribution is -2.45. The quantitative estimate of drug-likeness (QED) is 0.900. The predicted octanol–water partition coefficient (Wildman–Crippen LogP) is 2.03. The molecule has 0 unspecified atom stereocenters. The Bertz CT molecular complexity index is 485. The first kappa shape index (κ1) is 14.5.